The van der Waals surface area contributed by atoms with Crippen molar-refractivity contribution in [3.05, 3.63) is 94.5 Å². The SMILES string of the molecule is Cc1ccc(Cl)cc1NC(=O)[C@H]1Cc2ccccc2N1C(=O)c1ccccc1. The lowest BCUT2D eigenvalue weighted by Crippen LogP contribution is -2.45. The van der Waals surface area contributed by atoms with Crippen molar-refractivity contribution in [2.75, 3.05) is 10.2 Å². The highest BCUT2D eigenvalue weighted by Crippen LogP contribution is 2.34. The number of rotatable bonds is 3. The Labute approximate surface area is 168 Å². The molecular formula is C23H19ClN2O2. The first-order valence-corrected chi connectivity index (χ1v) is 9.46. The molecule has 0 spiro atoms. The van der Waals surface area contributed by atoms with E-state index in [0.29, 0.717) is 22.7 Å². The summed E-state index contributed by atoms with van der Waals surface area (Å²) in [4.78, 5) is 28.0. The van der Waals surface area contributed by atoms with Crippen LogP contribution in [0.2, 0.25) is 5.02 Å². The molecule has 0 aliphatic carbocycles. The zero-order chi connectivity index (χ0) is 19.7. The summed E-state index contributed by atoms with van der Waals surface area (Å²) in [5.74, 6) is -0.417. The molecule has 1 atom stereocenters. The highest BCUT2D eigenvalue weighted by atomic mass is 35.5. The van der Waals surface area contributed by atoms with Gasteiger partial charge >= 0.3 is 0 Å². The molecule has 1 aliphatic heterocycles. The normalized spacial score (nSPS) is 15.2. The number of carbonyl (C=O) groups excluding carboxylic acids is 2. The van der Waals surface area contributed by atoms with Crippen molar-refractivity contribution in [1.82, 2.24) is 0 Å². The van der Waals surface area contributed by atoms with Crippen molar-refractivity contribution in [1.29, 1.82) is 0 Å². The third kappa shape index (κ3) is 3.39. The van der Waals surface area contributed by atoms with Gasteiger partial charge in [0.05, 0.1) is 0 Å². The van der Waals surface area contributed by atoms with Crippen LogP contribution in [0, 0.1) is 6.92 Å². The van der Waals surface area contributed by atoms with Crippen LogP contribution in [0.15, 0.2) is 72.8 Å². The number of hydrogen-bond donors (Lipinski definition) is 1. The Morgan fingerprint density at radius 1 is 1.00 bits per heavy atom. The number of amides is 2. The maximum atomic E-state index is 13.2. The van der Waals surface area contributed by atoms with E-state index >= 15 is 0 Å². The summed E-state index contributed by atoms with van der Waals surface area (Å²) in [6.45, 7) is 1.90. The average molecular weight is 391 g/mol. The van der Waals surface area contributed by atoms with E-state index in [1.807, 2.05) is 55.5 Å². The lowest BCUT2D eigenvalue weighted by Gasteiger charge is -2.25. The van der Waals surface area contributed by atoms with E-state index < -0.39 is 6.04 Å². The predicted molar refractivity (Wildman–Crippen MR) is 112 cm³/mol. The van der Waals surface area contributed by atoms with Crippen LogP contribution in [0.1, 0.15) is 21.5 Å². The van der Waals surface area contributed by atoms with Gasteiger partial charge in [0.2, 0.25) is 5.91 Å². The molecule has 3 aromatic rings. The summed E-state index contributed by atoms with van der Waals surface area (Å²) in [5.41, 5.74) is 3.87. The fraction of sp³-hybridized carbons (Fsp3) is 0.130. The lowest BCUT2D eigenvalue weighted by molar-refractivity contribution is -0.117. The van der Waals surface area contributed by atoms with Crippen LogP contribution < -0.4 is 10.2 Å². The average Bonchev–Trinajstić information content (AvgIpc) is 3.10. The van der Waals surface area contributed by atoms with Crippen LogP contribution in [0.4, 0.5) is 11.4 Å². The highest BCUT2D eigenvalue weighted by molar-refractivity contribution is 6.31. The van der Waals surface area contributed by atoms with E-state index in [9.17, 15) is 9.59 Å². The van der Waals surface area contributed by atoms with E-state index in [2.05, 4.69) is 5.32 Å². The molecule has 1 N–H and O–H groups in total. The van der Waals surface area contributed by atoms with Gasteiger partial charge in [0, 0.05) is 28.4 Å². The molecule has 4 rings (SSSR count). The van der Waals surface area contributed by atoms with Gasteiger partial charge in [-0.25, -0.2) is 0 Å². The Morgan fingerprint density at radius 2 is 1.71 bits per heavy atom. The second kappa shape index (κ2) is 7.49. The van der Waals surface area contributed by atoms with Crippen molar-refractivity contribution in [3.63, 3.8) is 0 Å². The third-order valence-electron chi connectivity index (χ3n) is 4.98. The van der Waals surface area contributed by atoms with Gasteiger partial charge in [0.25, 0.3) is 5.91 Å². The quantitative estimate of drug-likeness (QED) is 0.694. The Morgan fingerprint density at radius 3 is 2.50 bits per heavy atom. The Kier molecular flexibility index (Phi) is 4.88. The molecule has 1 heterocycles. The number of nitrogens with zero attached hydrogens (tertiary/aromatic N) is 1. The van der Waals surface area contributed by atoms with Crippen LogP contribution in [0.3, 0.4) is 0 Å². The zero-order valence-electron chi connectivity index (χ0n) is 15.4. The minimum atomic E-state index is -0.622. The number of aryl methyl sites for hydroxylation is 1. The minimum Gasteiger partial charge on any atom is -0.324 e. The molecule has 0 radical (unpaired) electrons. The van der Waals surface area contributed by atoms with Crippen molar-refractivity contribution in [3.8, 4) is 0 Å². The number of carbonyl (C=O) groups is 2. The monoisotopic (exact) mass is 390 g/mol. The van der Waals surface area contributed by atoms with Gasteiger partial charge in [-0.3, -0.25) is 14.5 Å². The third-order valence-corrected chi connectivity index (χ3v) is 5.21. The molecule has 0 bridgehead atoms. The van der Waals surface area contributed by atoms with E-state index in [-0.39, 0.29) is 11.8 Å². The number of para-hydroxylation sites is 1. The Balaban J connectivity index is 1.68. The number of fused-ring (bicyclic) bond motifs is 1. The summed E-state index contributed by atoms with van der Waals surface area (Å²) in [6.07, 6.45) is 0.472. The molecule has 1 aliphatic rings. The summed E-state index contributed by atoms with van der Waals surface area (Å²) in [5, 5.41) is 3.50. The maximum absolute atomic E-state index is 13.2. The van der Waals surface area contributed by atoms with Gasteiger partial charge in [-0.2, -0.15) is 0 Å². The molecule has 28 heavy (non-hydrogen) atoms. The van der Waals surface area contributed by atoms with E-state index in [1.54, 1.807) is 29.2 Å². The summed E-state index contributed by atoms with van der Waals surface area (Å²) in [6, 6.07) is 21.4. The fourth-order valence-electron chi connectivity index (χ4n) is 3.51. The number of hydrogen-bond acceptors (Lipinski definition) is 2. The van der Waals surface area contributed by atoms with Gasteiger partial charge in [-0.1, -0.05) is 54.1 Å². The number of benzene rings is 3. The van der Waals surface area contributed by atoms with Crippen LogP contribution in [-0.4, -0.2) is 17.9 Å². The summed E-state index contributed by atoms with van der Waals surface area (Å²) in [7, 11) is 0. The van der Waals surface area contributed by atoms with Crippen molar-refractivity contribution in [2.24, 2.45) is 0 Å². The minimum absolute atomic E-state index is 0.187. The molecule has 0 aromatic heterocycles. The second-order valence-electron chi connectivity index (χ2n) is 6.84. The first-order valence-electron chi connectivity index (χ1n) is 9.08. The van der Waals surface area contributed by atoms with Gasteiger partial charge < -0.3 is 5.32 Å². The standard InChI is InChI=1S/C23H19ClN2O2/c1-15-11-12-18(24)14-19(15)25-22(27)21-13-17-9-5-6-10-20(17)26(21)23(28)16-7-3-2-4-8-16/h2-12,14,21H,13H2,1H3,(H,25,27)/t21-/m1/s1. The molecule has 0 saturated heterocycles. The van der Waals surface area contributed by atoms with Crippen molar-refractivity contribution >= 4 is 34.8 Å². The molecule has 140 valence electrons. The van der Waals surface area contributed by atoms with Crippen LogP contribution in [0.25, 0.3) is 0 Å². The Hall–Kier alpha value is -3.11. The highest BCUT2D eigenvalue weighted by Gasteiger charge is 2.38. The molecular weight excluding hydrogens is 372 g/mol. The van der Waals surface area contributed by atoms with Crippen LogP contribution in [0.5, 0.6) is 0 Å². The van der Waals surface area contributed by atoms with E-state index in [4.69, 9.17) is 11.6 Å². The van der Waals surface area contributed by atoms with Crippen molar-refractivity contribution < 1.29 is 9.59 Å². The molecule has 0 unspecified atom stereocenters. The largest absolute Gasteiger partial charge is 0.324 e. The topological polar surface area (TPSA) is 49.4 Å². The van der Waals surface area contributed by atoms with Gasteiger partial charge in [-0.05, 0) is 48.4 Å². The number of nitrogens with one attached hydrogen (secondary N) is 1. The number of anilines is 2. The van der Waals surface area contributed by atoms with Gasteiger partial charge in [0.15, 0.2) is 0 Å². The van der Waals surface area contributed by atoms with Gasteiger partial charge in [-0.15, -0.1) is 0 Å². The maximum Gasteiger partial charge on any atom is 0.259 e. The second-order valence-corrected chi connectivity index (χ2v) is 7.27. The first-order chi connectivity index (χ1) is 13.5. The van der Waals surface area contributed by atoms with Gasteiger partial charge in [0.1, 0.15) is 6.04 Å². The number of halogens is 1. The Bertz CT molecular complexity index is 1050. The van der Waals surface area contributed by atoms with E-state index in [1.165, 1.54) is 0 Å². The van der Waals surface area contributed by atoms with Crippen molar-refractivity contribution in [2.45, 2.75) is 19.4 Å². The molecule has 2 amide bonds. The molecule has 3 aromatic carbocycles. The molecule has 4 nitrogen and oxygen atoms in total. The fourth-order valence-corrected chi connectivity index (χ4v) is 3.68. The van der Waals surface area contributed by atoms with Crippen LogP contribution >= 0.6 is 11.6 Å². The smallest absolute Gasteiger partial charge is 0.259 e. The first kappa shape index (κ1) is 18.3. The summed E-state index contributed by atoms with van der Waals surface area (Å²) >= 11 is 6.08. The lowest BCUT2D eigenvalue weighted by atomic mass is 10.1. The molecule has 0 fully saturated rings. The molecule has 5 heteroatoms. The molecule has 0 saturated carbocycles. The summed E-state index contributed by atoms with van der Waals surface area (Å²) < 4.78 is 0. The zero-order valence-corrected chi connectivity index (χ0v) is 16.1. The van der Waals surface area contributed by atoms with E-state index in [0.717, 1.165) is 16.8 Å². The predicted octanol–water partition coefficient (Wildman–Crippen LogP) is 4.86. The van der Waals surface area contributed by atoms with Crippen LogP contribution in [-0.2, 0) is 11.2 Å².